The molecule has 0 aliphatic carbocycles. The number of carbonyl (C=O) groups is 2. The zero-order valence-electron chi connectivity index (χ0n) is 14.5. The fourth-order valence-electron chi connectivity index (χ4n) is 2.81. The van der Waals surface area contributed by atoms with Crippen molar-refractivity contribution in [1.82, 2.24) is 10.2 Å². The number of ether oxygens (including phenoxy) is 2. The van der Waals surface area contributed by atoms with E-state index in [1.54, 1.807) is 38.3 Å². The van der Waals surface area contributed by atoms with Crippen molar-refractivity contribution in [2.75, 3.05) is 20.3 Å². The summed E-state index contributed by atoms with van der Waals surface area (Å²) in [5.74, 6) is 0.423. The van der Waals surface area contributed by atoms with Crippen molar-refractivity contribution >= 4 is 11.9 Å². The highest BCUT2D eigenvalue weighted by molar-refractivity contribution is 6.07. The molecule has 0 spiro atoms. The summed E-state index contributed by atoms with van der Waals surface area (Å²) in [6.45, 7) is 1.87. The highest BCUT2D eigenvalue weighted by Crippen LogP contribution is 2.29. The lowest BCUT2D eigenvalue weighted by Gasteiger charge is -2.22. The Morgan fingerprint density at radius 2 is 1.65 bits per heavy atom. The molecule has 1 aliphatic rings. The predicted octanol–water partition coefficient (Wildman–Crippen LogP) is 2.68. The van der Waals surface area contributed by atoms with Crippen LogP contribution in [0.25, 0.3) is 0 Å². The van der Waals surface area contributed by atoms with Crippen LogP contribution >= 0.6 is 0 Å². The number of halogens is 1. The van der Waals surface area contributed by atoms with Gasteiger partial charge in [-0.2, -0.15) is 0 Å². The van der Waals surface area contributed by atoms with Crippen LogP contribution in [0.3, 0.4) is 0 Å². The van der Waals surface area contributed by atoms with E-state index in [0.29, 0.717) is 17.1 Å². The van der Waals surface area contributed by atoms with E-state index in [9.17, 15) is 14.0 Å². The molecule has 1 saturated heterocycles. The molecule has 7 heteroatoms. The van der Waals surface area contributed by atoms with Gasteiger partial charge in [0.1, 0.15) is 29.5 Å². The first-order valence-corrected chi connectivity index (χ1v) is 8.11. The van der Waals surface area contributed by atoms with Crippen LogP contribution in [0.15, 0.2) is 48.5 Å². The second-order valence-corrected chi connectivity index (χ2v) is 6.04. The van der Waals surface area contributed by atoms with E-state index in [1.165, 1.54) is 24.3 Å². The van der Waals surface area contributed by atoms with Gasteiger partial charge in [0, 0.05) is 0 Å². The molecule has 0 unspecified atom stereocenters. The zero-order chi connectivity index (χ0) is 18.7. The molecule has 1 heterocycles. The second-order valence-electron chi connectivity index (χ2n) is 6.04. The summed E-state index contributed by atoms with van der Waals surface area (Å²) in [6.07, 6.45) is 0. The van der Waals surface area contributed by atoms with Crippen LogP contribution in [-0.4, -0.2) is 37.1 Å². The number of hydrogen-bond donors (Lipinski definition) is 1. The van der Waals surface area contributed by atoms with Gasteiger partial charge in [0.05, 0.1) is 13.7 Å². The first kappa shape index (κ1) is 17.7. The number of hydrogen-bond acceptors (Lipinski definition) is 4. The lowest BCUT2D eigenvalue weighted by Crippen LogP contribution is -2.41. The Morgan fingerprint density at radius 3 is 2.27 bits per heavy atom. The highest BCUT2D eigenvalue weighted by atomic mass is 19.1. The molecule has 1 fully saturated rings. The van der Waals surface area contributed by atoms with Crippen molar-refractivity contribution in [2.24, 2.45) is 0 Å². The van der Waals surface area contributed by atoms with Gasteiger partial charge in [-0.1, -0.05) is 12.1 Å². The molecule has 3 amide bonds. The molecule has 2 aromatic carbocycles. The first-order valence-electron chi connectivity index (χ1n) is 8.11. The van der Waals surface area contributed by atoms with E-state index in [4.69, 9.17) is 9.47 Å². The largest absolute Gasteiger partial charge is 0.497 e. The van der Waals surface area contributed by atoms with E-state index < -0.39 is 11.6 Å². The molecule has 1 atom stereocenters. The van der Waals surface area contributed by atoms with E-state index >= 15 is 0 Å². The smallest absolute Gasteiger partial charge is 0.325 e. The average molecular weight is 358 g/mol. The monoisotopic (exact) mass is 358 g/mol. The standard InChI is InChI=1S/C19H19FN2O4/c1-19(13-3-7-15(25-2)8-4-13)17(23)22(18(24)21-19)11-12-26-16-9-5-14(20)6-10-16/h3-10H,11-12H2,1-2H3,(H,21,24)/t19-/m1/s1. The van der Waals surface area contributed by atoms with Crippen LogP contribution in [0.5, 0.6) is 11.5 Å². The van der Waals surface area contributed by atoms with Gasteiger partial charge in [0.2, 0.25) is 0 Å². The molecule has 6 nitrogen and oxygen atoms in total. The number of amides is 3. The van der Waals surface area contributed by atoms with Crippen molar-refractivity contribution in [2.45, 2.75) is 12.5 Å². The number of methoxy groups -OCH3 is 1. The minimum absolute atomic E-state index is 0.0911. The summed E-state index contributed by atoms with van der Waals surface area (Å²) in [7, 11) is 1.56. The van der Waals surface area contributed by atoms with Crippen LogP contribution in [0.1, 0.15) is 12.5 Å². The Bertz CT molecular complexity index is 807. The minimum atomic E-state index is -1.14. The van der Waals surface area contributed by atoms with Gasteiger partial charge in [-0.15, -0.1) is 0 Å². The Hall–Kier alpha value is -3.09. The highest BCUT2D eigenvalue weighted by Gasteiger charge is 2.48. The average Bonchev–Trinajstić information content (AvgIpc) is 2.87. The van der Waals surface area contributed by atoms with E-state index in [1.807, 2.05) is 0 Å². The molecule has 26 heavy (non-hydrogen) atoms. The Kier molecular flexibility index (Phi) is 4.79. The number of urea groups is 1. The first-order chi connectivity index (χ1) is 12.4. The number of nitrogens with one attached hydrogen (secondary N) is 1. The minimum Gasteiger partial charge on any atom is -0.497 e. The van der Waals surface area contributed by atoms with Gasteiger partial charge in [0.15, 0.2) is 0 Å². The fourth-order valence-corrected chi connectivity index (χ4v) is 2.81. The van der Waals surface area contributed by atoms with Crippen molar-refractivity contribution in [3.63, 3.8) is 0 Å². The number of rotatable bonds is 6. The predicted molar refractivity (Wildman–Crippen MR) is 92.5 cm³/mol. The normalized spacial score (nSPS) is 19.4. The Morgan fingerprint density at radius 1 is 1.04 bits per heavy atom. The molecular weight excluding hydrogens is 339 g/mol. The van der Waals surface area contributed by atoms with Gasteiger partial charge >= 0.3 is 6.03 Å². The lowest BCUT2D eigenvalue weighted by atomic mass is 9.92. The zero-order valence-corrected chi connectivity index (χ0v) is 14.5. The molecule has 2 aromatic rings. The number of imide groups is 1. The Labute approximate surface area is 150 Å². The molecule has 0 saturated carbocycles. The second kappa shape index (κ2) is 7.03. The van der Waals surface area contributed by atoms with Crippen molar-refractivity contribution in [3.8, 4) is 11.5 Å². The summed E-state index contributed by atoms with van der Waals surface area (Å²) < 4.78 is 23.5. The third-order valence-electron chi connectivity index (χ3n) is 4.34. The summed E-state index contributed by atoms with van der Waals surface area (Å²) in [4.78, 5) is 26.2. The topological polar surface area (TPSA) is 67.9 Å². The van der Waals surface area contributed by atoms with Crippen LogP contribution < -0.4 is 14.8 Å². The summed E-state index contributed by atoms with van der Waals surface area (Å²) >= 11 is 0. The van der Waals surface area contributed by atoms with Crippen LogP contribution in [-0.2, 0) is 10.3 Å². The molecule has 0 aromatic heterocycles. The maximum Gasteiger partial charge on any atom is 0.325 e. The van der Waals surface area contributed by atoms with Crippen LogP contribution in [0.2, 0.25) is 0 Å². The van der Waals surface area contributed by atoms with E-state index in [-0.39, 0.29) is 24.9 Å². The number of carbonyl (C=O) groups excluding carboxylic acids is 2. The quantitative estimate of drug-likeness (QED) is 0.806. The van der Waals surface area contributed by atoms with Crippen LogP contribution in [0, 0.1) is 5.82 Å². The molecule has 1 N–H and O–H groups in total. The molecule has 136 valence electrons. The molecular formula is C19H19FN2O4. The fraction of sp³-hybridized carbons (Fsp3) is 0.263. The van der Waals surface area contributed by atoms with Gasteiger partial charge < -0.3 is 14.8 Å². The summed E-state index contributed by atoms with van der Waals surface area (Å²) in [5.41, 5.74) is -0.474. The summed E-state index contributed by atoms with van der Waals surface area (Å²) in [6, 6.07) is 12.0. The van der Waals surface area contributed by atoms with Crippen molar-refractivity contribution < 1.29 is 23.5 Å². The number of benzene rings is 2. The number of nitrogens with zero attached hydrogens (tertiary/aromatic N) is 1. The molecule has 3 rings (SSSR count). The van der Waals surface area contributed by atoms with Gasteiger partial charge in [-0.3, -0.25) is 9.69 Å². The SMILES string of the molecule is COc1ccc([C@@]2(C)NC(=O)N(CCOc3ccc(F)cc3)C2=O)cc1. The maximum atomic E-state index is 12.9. The molecule has 0 radical (unpaired) electrons. The van der Waals surface area contributed by atoms with Crippen molar-refractivity contribution in [3.05, 3.63) is 59.9 Å². The van der Waals surface area contributed by atoms with Gasteiger partial charge in [-0.25, -0.2) is 9.18 Å². The Balaban J connectivity index is 1.66. The lowest BCUT2D eigenvalue weighted by molar-refractivity contribution is -0.131. The van der Waals surface area contributed by atoms with E-state index in [0.717, 1.165) is 4.90 Å². The molecule has 1 aliphatic heterocycles. The maximum absolute atomic E-state index is 12.9. The van der Waals surface area contributed by atoms with Gasteiger partial charge in [-0.05, 0) is 48.9 Å². The van der Waals surface area contributed by atoms with Crippen LogP contribution in [0.4, 0.5) is 9.18 Å². The van der Waals surface area contributed by atoms with E-state index in [2.05, 4.69) is 5.32 Å². The van der Waals surface area contributed by atoms with Gasteiger partial charge in [0.25, 0.3) is 5.91 Å². The van der Waals surface area contributed by atoms with Crippen molar-refractivity contribution in [1.29, 1.82) is 0 Å². The summed E-state index contributed by atoms with van der Waals surface area (Å²) in [5, 5.41) is 2.73. The molecule has 0 bridgehead atoms. The third kappa shape index (κ3) is 3.33. The third-order valence-corrected chi connectivity index (χ3v) is 4.34.